The molecule has 1 N–H and O–H groups in total. The molecule has 1 aliphatic heterocycles. The first-order chi connectivity index (χ1) is 8.77. The molecule has 0 aromatic rings. The number of likely N-dealkylation sites (tertiary alicyclic amines) is 1. The van der Waals surface area contributed by atoms with Crippen molar-refractivity contribution in [3.63, 3.8) is 0 Å². The van der Waals surface area contributed by atoms with Gasteiger partial charge in [0.1, 0.15) is 0 Å². The average Bonchev–Trinajstić information content (AvgIpc) is 2.62. The molecule has 1 unspecified atom stereocenters. The van der Waals surface area contributed by atoms with E-state index in [-0.39, 0.29) is 11.9 Å². The van der Waals surface area contributed by atoms with Crippen LogP contribution in [0.4, 0.5) is 0 Å². The summed E-state index contributed by atoms with van der Waals surface area (Å²) >= 11 is 0. The van der Waals surface area contributed by atoms with E-state index in [4.69, 9.17) is 0 Å². The number of hydrogen-bond acceptors (Lipinski definition) is 2. The van der Waals surface area contributed by atoms with Gasteiger partial charge in [-0.05, 0) is 52.1 Å². The predicted molar refractivity (Wildman–Crippen MR) is 74.4 cm³/mol. The second-order valence-electron chi connectivity index (χ2n) is 5.67. The lowest BCUT2D eigenvalue weighted by molar-refractivity contribution is -0.125. The number of carbonyl (C=O) groups excluding carboxylic acids is 1. The van der Waals surface area contributed by atoms with Crippen molar-refractivity contribution in [3.05, 3.63) is 11.6 Å². The number of nitrogens with zero attached hydrogens (tertiary/aromatic N) is 1. The minimum atomic E-state index is 0.0942. The highest BCUT2D eigenvalue weighted by Crippen LogP contribution is 2.17. The summed E-state index contributed by atoms with van der Waals surface area (Å²) in [5.74, 6) is 0.228. The van der Waals surface area contributed by atoms with Crippen LogP contribution < -0.4 is 5.32 Å². The molecule has 0 aromatic heterocycles. The van der Waals surface area contributed by atoms with Gasteiger partial charge < -0.3 is 5.32 Å². The van der Waals surface area contributed by atoms with E-state index in [1.165, 1.54) is 50.5 Å². The van der Waals surface area contributed by atoms with Crippen LogP contribution in [0.15, 0.2) is 11.6 Å². The minimum Gasteiger partial charge on any atom is -0.351 e. The maximum atomic E-state index is 12.2. The van der Waals surface area contributed by atoms with Crippen molar-refractivity contribution < 1.29 is 4.79 Å². The fraction of sp³-hybridized carbons (Fsp3) is 0.800. The van der Waals surface area contributed by atoms with Gasteiger partial charge in [-0.15, -0.1) is 0 Å². The Kier molecular flexibility index (Phi) is 5.24. The number of likely N-dealkylation sites (N-methyl/N-ethyl adjacent to an activating group) is 1. The van der Waals surface area contributed by atoms with Crippen LogP contribution in [0.1, 0.15) is 51.4 Å². The van der Waals surface area contributed by atoms with Crippen molar-refractivity contribution in [3.8, 4) is 0 Å². The Morgan fingerprint density at radius 1 is 1.33 bits per heavy atom. The molecule has 0 radical (unpaired) electrons. The summed E-state index contributed by atoms with van der Waals surface area (Å²) in [6, 6.07) is 0.0942. The molecular weight excluding hydrogens is 224 g/mol. The van der Waals surface area contributed by atoms with Crippen molar-refractivity contribution in [2.24, 2.45) is 0 Å². The van der Waals surface area contributed by atoms with Gasteiger partial charge in [-0.3, -0.25) is 9.69 Å². The van der Waals surface area contributed by atoms with Crippen LogP contribution in [0.3, 0.4) is 0 Å². The Labute approximate surface area is 111 Å². The van der Waals surface area contributed by atoms with E-state index in [0.29, 0.717) is 0 Å². The number of allylic oxidation sites excluding steroid dienone is 1. The fourth-order valence-corrected chi connectivity index (χ4v) is 2.97. The van der Waals surface area contributed by atoms with Crippen LogP contribution in [0.25, 0.3) is 0 Å². The molecule has 1 aliphatic carbocycles. The van der Waals surface area contributed by atoms with Gasteiger partial charge in [-0.1, -0.05) is 24.5 Å². The zero-order valence-electron chi connectivity index (χ0n) is 11.6. The quantitative estimate of drug-likeness (QED) is 0.780. The SMILES string of the molecule is CN1CCCCCC1C(=O)NCC1=CCCCC1. The van der Waals surface area contributed by atoms with Gasteiger partial charge in [0.25, 0.3) is 0 Å². The molecule has 3 heteroatoms. The van der Waals surface area contributed by atoms with Crippen molar-refractivity contribution in [1.82, 2.24) is 10.2 Å². The number of carbonyl (C=O) groups is 1. The Balaban J connectivity index is 1.80. The van der Waals surface area contributed by atoms with Gasteiger partial charge in [0.15, 0.2) is 0 Å². The van der Waals surface area contributed by atoms with E-state index in [0.717, 1.165) is 19.5 Å². The molecular formula is C15H26N2O. The highest BCUT2D eigenvalue weighted by atomic mass is 16.2. The molecule has 1 heterocycles. The molecule has 2 aliphatic rings. The number of rotatable bonds is 3. The summed E-state index contributed by atoms with van der Waals surface area (Å²) < 4.78 is 0. The Hall–Kier alpha value is -0.830. The predicted octanol–water partition coefficient (Wildman–Crippen LogP) is 2.48. The van der Waals surface area contributed by atoms with Crippen LogP contribution in [-0.2, 0) is 4.79 Å². The van der Waals surface area contributed by atoms with Crippen molar-refractivity contribution in [2.75, 3.05) is 20.1 Å². The van der Waals surface area contributed by atoms with E-state index in [9.17, 15) is 4.79 Å². The summed E-state index contributed by atoms with van der Waals surface area (Å²) in [4.78, 5) is 14.4. The third-order valence-electron chi connectivity index (χ3n) is 4.20. The summed E-state index contributed by atoms with van der Waals surface area (Å²) in [6.45, 7) is 1.82. The highest BCUT2D eigenvalue weighted by molar-refractivity contribution is 5.81. The molecule has 18 heavy (non-hydrogen) atoms. The van der Waals surface area contributed by atoms with E-state index in [1.54, 1.807) is 0 Å². The minimum absolute atomic E-state index is 0.0942. The third-order valence-corrected chi connectivity index (χ3v) is 4.20. The van der Waals surface area contributed by atoms with Crippen molar-refractivity contribution >= 4 is 5.91 Å². The molecule has 1 fully saturated rings. The molecule has 0 saturated carbocycles. The van der Waals surface area contributed by atoms with Crippen LogP contribution in [0, 0.1) is 0 Å². The number of amides is 1. The maximum Gasteiger partial charge on any atom is 0.237 e. The Morgan fingerprint density at radius 3 is 3.00 bits per heavy atom. The van der Waals surface area contributed by atoms with Gasteiger partial charge in [-0.25, -0.2) is 0 Å². The third kappa shape index (κ3) is 3.84. The first-order valence-electron chi connectivity index (χ1n) is 7.43. The summed E-state index contributed by atoms with van der Waals surface area (Å²) in [6.07, 6.45) is 11.9. The molecule has 2 rings (SSSR count). The first-order valence-corrected chi connectivity index (χ1v) is 7.43. The molecule has 3 nitrogen and oxygen atoms in total. The average molecular weight is 250 g/mol. The van der Waals surface area contributed by atoms with E-state index in [1.807, 2.05) is 0 Å². The monoisotopic (exact) mass is 250 g/mol. The smallest absolute Gasteiger partial charge is 0.237 e. The molecule has 1 atom stereocenters. The summed E-state index contributed by atoms with van der Waals surface area (Å²) in [5, 5.41) is 3.13. The first kappa shape index (κ1) is 13.6. The zero-order valence-corrected chi connectivity index (χ0v) is 11.6. The number of nitrogens with one attached hydrogen (secondary N) is 1. The molecule has 0 bridgehead atoms. The van der Waals surface area contributed by atoms with Crippen LogP contribution in [0.2, 0.25) is 0 Å². The fourth-order valence-electron chi connectivity index (χ4n) is 2.97. The van der Waals surface area contributed by atoms with E-state index >= 15 is 0 Å². The molecule has 102 valence electrons. The molecule has 1 saturated heterocycles. The normalized spacial score (nSPS) is 26.3. The lowest BCUT2D eigenvalue weighted by Gasteiger charge is -2.25. The van der Waals surface area contributed by atoms with Gasteiger partial charge in [0.2, 0.25) is 5.91 Å². The largest absolute Gasteiger partial charge is 0.351 e. The lowest BCUT2D eigenvalue weighted by Crippen LogP contribution is -2.45. The summed E-state index contributed by atoms with van der Waals surface area (Å²) in [7, 11) is 2.08. The maximum absolute atomic E-state index is 12.2. The van der Waals surface area contributed by atoms with E-state index < -0.39 is 0 Å². The standard InChI is InChI=1S/C15H26N2O/c1-17-11-7-3-6-10-14(17)15(18)16-12-13-8-4-2-5-9-13/h8,14H,2-7,9-12H2,1H3,(H,16,18). The lowest BCUT2D eigenvalue weighted by atomic mass is 9.99. The Bertz CT molecular complexity index is 312. The summed E-state index contributed by atoms with van der Waals surface area (Å²) in [5.41, 5.74) is 1.42. The van der Waals surface area contributed by atoms with Gasteiger partial charge >= 0.3 is 0 Å². The van der Waals surface area contributed by atoms with Gasteiger partial charge in [0, 0.05) is 6.54 Å². The number of hydrogen-bond donors (Lipinski definition) is 1. The second kappa shape index (κ2) is 6.93. The van der Waals surface area contributed by atoms with Crippen LogP contribution >= 0.6 is 0 Å². The van der Waals surface area contributed by atoms with Crippen molar-refractivity contribution in [2.45, 2.75) is 57.4 Å². The van der Waals surface area contributed by atoms with Crippen LogP contribution in [0.5, 0.6) is 0 Å². The van der Waals surface area contributed by atoms with Crippen LogP contribution in [-0.4, -0.2) is 37.0 Å². The molecule has 0 aromatic carbocycles. The molecule has 0 spiro atoms. The zero-order chi connectivity index (χ0) is 12.8. The molecule has 1 amide bonds. The van der Waals surface area contributed by atoms with Gasteiger partial charge in [-0.2, -0.15) is 0 Å². The van der Waals surface area contributed by atoms with E-state index in [2.05, 4.69) is 23.3 Å². The van der Waals surface area contributed by atoms with Gasteiger partial charge in [0.05, 0.1) is 6.04 Å². The van der Waals surface area contributed by atoms with Crippen molar-refractivity contribution in [1.29, 1.82) is 0 Å². The topological polar surface area (TPSA) is 32.3 Å². The second-order valence-corrected chi connectivity index (χ2v) is 5.67. The Morgan fingerprint density at radius 2 is 2.22 bits per heavy atom. The highest BCUT2D eigenvalue weighted by Gasteiger charge is 2.24.